The maximum absolute atomic E-state index is 12.8. The molecule has 2 atom stereocenters. The molecule has 2 heterocycles. The number of nitrogens with zero attached hydrogens (tertiary/aromatic N) is 2. The molecule has 6 nitrogen and oxygen atoms in total. The minimum Gasteiger partial charge on any atom is -0.497 e. The first-order chi connectivity index (χ1) is 12.1. The van der Waals surface area contributed by atoms with E-state index >= 15 is 0 Å². The molecule has 2 aromatic rings. The van der Waals surface area contributed by atoms with Gasteiger partial charge >= 0.3 is 0 Å². The molecule has 1 aromatic heterocycles. The Bertz CT molecular complexity index is 750. The van der Waals surface area contributed by atoms with Gasteiger partial charge in [0.05, 0.1) is 38.5 Å². The molecular formula is C19H22N2O4. The van der Waals surface area contributed by atoms with E-state index in [1.54, 1.807) is 31.3 Å². The van der Waals surface area contributed by atoms with Crippen molar-refractivity contribution in [3.05, 3.63) is 53.7 Å². The summed E-state index contributed by atoms with van der Waals surface area (Å²) in [4.78, 5) is 18.8. The van der Waals surface area contributed by atoms with Crippen LogP contribution in [0.5, 0.6) is 11.6 Å². The Morgan fingerprint density at radius 3 is 2.80 bits per heavy atom. The number of aliphatic hydroxyl groups is 1. The van der Waals surface area contributed by atoms with Crippen molar-refractivity contribution in [1.82, 2.24) is 9.88 Å². The van der Waals surface area contributed by atoms with Crippen molar-refractivity contribution < 1.29 is 19.4 Å². The summed E-state index contributed by atoms with van der Waals surface area (Å²) in [7, 11) is 3.16. The molecule has 25 heavy (non-hydrogen) atoms. The second-order valence-corrected chi connectivity index (χ2v) is 6.08. The largest absolute Gasteiger partial charge is 0.497 e. The molecule has 2 unspecified atom stereocenters. The first kappa shape index (κ1) is 17.2. The van der Waals surface area contributed by atoms with Crippen molar-refractivity contribution in [3.8, 4) is 11.6 Å². The Hall–Kier alpha value is -2.60. The number of β-amino-alcohol motifs (C(OH)–C–C–N with tert-alkyl or cyclic N) is 1. The molecule has 6 heteroatoms. The van der Waals surface area contributed by atoms with E-state index in [0.29, 0.717) is 24.5 Å². The summed E-state index contributed by atoms with van der Waals surface area (Å²) < 4.78 is 10.4. The van der Waals surface area contributed by atoms with Crippen LogP contribution in [0.2, 0.25) is 0 Å². The first-order valence-corrected chi connectivity index (χ1v) is 8.22. The molecule has 0 radical (unpaired) electrons. The van der Waals surface area contributed by atoms with Crippen molar-refractivity contribution in [3.63, 3.8) is 0 Å². The predicted octanol–water partition coefficient (Wildman–Crippen LogP) is 1.98. The van der Waals surface area contributed by atoms with Gasteiger partial charge < -0.3 is 19.5 Å². The average molecular weight is 342 g/mol. The van der Waals surface area contributed by atoms with Crippen molar-refractivity contribution in [2.45, 2.75) is 25.0 Å². The number of ether oxygens (including phenoxy) is 2. The minimum atomic E-state index is -0.529. The topological polar surface area (TPSA) is 71.9 Å². The van der Waals surface area contributed by atoms with Gasteiger partial charge in [-0.05, 0) is 30.2 Å². The summed E-state index contributed by atoms with van der Waals surface area (Å²) in [6.45, 7) is 0.324. The standard InChI is InChI=1S/C19H22N2O4/c1-24-16-7-3-5-13(9-16)17-11-15(22)12-21(17)19(23)10-14-6-4-8-18(20-14)25-2/h3-9,15,17,22H,10-12H2,1-2H3. The second kappa shape index (κ2) is 7.53. The fourth-order valence-electron chi connectivity index (χ4n) is 3.18. The lowest BCUT2D eigenvalue weighted by Crippen LogP contribution is -2.33. The Balaban J connectivity index is 1.79. The number of likely N-dealkylation sites (tertiary alicyclic amines) is 1. The van der Waals surface area contributed by atoms with E-state index in [2.05, 4.69) is 4.98 Å². The SMILES string of the molecule is COc1cccc(C2CC(O)CN2C(=O)Cc2cccc(OC)n2)c1. The van der Waals surface area contributed by atoms with Crippen LogP contribution in [0, 0.1) is 0 Å². The van der Waals surface area contributed by atoms with Crippen LogP contribution in [0.15, 0.2) is 42.5 Å². The third kappa shape index (κ3) is 3.91. The lowest BCUT2D eigenvalue weighted by molar-refractivity contribution is -0.131. The molecule has 1 fully saturated rings. The van der Waals surface area contributed by atoms with Gasteiger partial charge in [0, 0.05) is 12.6 Å². The summed E-state index contributed by atoms with van der Waals surface area (Å²) in [5.41, 5.74) is 1.61. The maximum Gasteiger partial charge on any atom is 0.229 e. The van der Waals surface area contributed by atoms with Gasteiger partial charge in [0.2, 0.25) is 11.8 Å². The van der Waals surface area contributed by atoms with Gasteiger partial charge in [0.15, 0.2) is 0 Å². The number of hydrogen-bond donors (Lipinski definition) is 1. The zero-order valence-corrected chi connectivity index (χ0v) is 14.4. The number of carbonyl (C=O) groups is 1. The molecule has 1 amide bonds. The normalized spacial score (nSPS) is 19.7. The summed E-state index contributed by atoms with van der Waals surface area (Å²) in [6, 6.07) is 12.8. The number of rotatable bonds is 5. The quantitative estimate of drug-likeness (QED) is 0.899. The number of benzene rings is 1. The number of carbonyl (C=O) groups excluding carboxylic acids is 1. The summed E-state index contributed by atoms with van der Waals surface area (Å²) in [5.74, 6) is 1.15. The van der Waals surface area contributed by atoms with E-state index < -0.39 is 6.10 Å². The number of aromatic nitrogens is 1. The number of amides is 1. The van der Waals surface area contributed by atoms with Crippen LogP contribution in [0.1, 0.15) is 23.7 Å². The van der Waals surface area contributed by atoms with E-state index in [-0.39, 0.29) is 18.4 Å². The monoisotopic (exact) mass is 342 g/mol. The third-order valence-electron chi connectivity index (χ3n) is 4.40. The molecule has 0 aliphatic carbocycles. The van der Waals surface area contributed by atoms with Gasteiger partial charge in [-0.25, -0.2) is 4.98 Å². The summed E-state index contributed by atoms with van der Waals surface area (Å²) in [5, 5.41) is 10.1. The predicted molar refractivity (Wildman–Crippen MR) is 92.6 cm³/mol. The Morgan fingerprint density at radius 2 is 2.04 bits per heavy atom. The Kier molecular flexibility index (Phi) is 5.19. The molecule has 1 aromatic carbocycles. The second-order valence-electron chi connectivity index (χ2n) is 6.08. The van der Waals surface area contributed by atoms with Gasteiger partial charge in [0.1, 0.15) is 5.75 Å². The highest BCUT2D eigenvalue weighted by molar-refractivity contribution is 5.79. The first-order valence-electron chi connectivity index (χ1n) is 8.22. The molecular weight excluding hydrogens is 320 g/mol. The van der Waals surface area contributed by atoms with E-state index in [0.717, 1.165) is 11.3 Å². The van der Waals surface area contributed by atoms with Crippen LogP contribution in [-0.4, -0.2) is 47.8 Å². The fourth-order valence-corrected chi connectivity index (χ4v) is 3.18. The molecule has 1 saturated heterocycles. The van der Waals surface area contributed by atoms with Crippen LogP contribution in [0.3, 0.4) is 0 Å². The summed E-state index contributed by atoms with van der Waals surface area (Å²) >= 11 is 0. The zero-order valence-electron chi connectivity index (χ0n) is 14.4. The lowest BCUT2D eigenvalue weighted by atomic mass is 10.0. The summed E-state index contributed by atoms with van der Waals surface area (Å²) in [6.07, 6.45) is 0.160. The highest BCUT2D eigenvalue weighted by Crippen LogP contribution is 2.34. The minimum absolute atomic E-state index is 0.0647. The van der Waals surface area contributed by atoms with Crippen molar-refractivity contribution in [1.29, 1.82) is 0 Å². The van der Waals surface area contributed by atoms with Gasteiger partial charge in [-0.2, -0.15) is 0 Å². The third-order valence-corrected chi connectivity index (χ3v) is 4.40. The average Bonchev–Trinajstić information content (AvgIpc) is 3.04. The zero-order chi connectivity index (χ0) is 17.8. The number of pyridine rings is 1. The van der Waals surface area contributed by atoms with Crippen LogP contribution in [0.25, 0.3) is 0 Å². The lowest BCUT2D eigenvalue weighted by Gasteiger charge is -2.25. The van der Waals surface area contributed by atoms with Gasteiger partial charge in [-0.3, -0.25) is 4.79 Å². The van der Waals surface area contributed by atoms with E-state index in [9.17, 15) is 9.90 Å². The van der Waals surface area contributed by atoms with Crippen LogP contribution in [-0.2, 0) is 11.2 Å². The van der Waals surface area contributed by atoms with Crippen LogP contribution >= 0.6 is 0 Å². The molecule has 0 bridgehead atoms. The van der Waals surface area contributed by atoms with Gasteiger partial charge in [0.25, 0.3) is 0 Å². The van der Waals surface area contributed by atoms with Crippen LogP contribution in [0.4, 0.5) is 0 Å². The number of hydrogen-bond acceptors (Lipinski definition) is 5. The molecule has 1 aliphatic rings. The van der Waals surface area contributed by atoms with E-state index in [1.165, 1.54) is 0 Å². The van der Waals surface area contributed by atoms with Gasteiger partial charge in [-0.15, -0.1) is 0 Å². The molecule has 0 saturated carbocycles. The van der Waals surface area contributed by atoms with E-state index in [4.69, 9.17) is 9.47 Å². The van der Waals surface area contributed by atoms with Crippen molar-refractivity contribution in [2.24, 2.45) is 0 Å². The molecule has 132 valence electrons. The molecule has 1 aliphatic heterocycles. The Labute approximate surface area is 147 Å². The smallest absolute Gasteiger partial charge is 0.229 e. The van der Waals surface area contributed by atoms with Crippen LogP contribution < -0.4 is 9.47 Å². The molecule has 0 spiro atoms. The maximum atomic E-state index is 12.8. The fraction of sp³-hybridized carbons (Fsp3) is 0.368. The Morgan fingerprint density at radius 1 is 1.24 bits per heavy atom. The number of aliphatic hydroxyl groups excluding tert-OH is 1. The highest BCUT2D eigenvalue weighted by atomic mass is 16.5. The van der Waals surface area contributed by atoms with Crippen molar-refractivity contribution >= 4 is 5.91 Å². The molecule has 3 rings (SSSR count). The molecule has 1 N–H and O–H groups in total. The number of methoxy groups -OCH3 is 2. The van der Waals surface area contributed by atoms with Gasteiger partial charge in [-0.1, -0.05) is 18.2 Å². The van der Waals surface area contributed by atoms with E-state index in [1.807, 2.05) is 30.3 Å². The highest BCUT2D eigenvalue weighted by Gasteiger charge is 2.35. The van der Waals surface area contributed by atoms with Crippen molar-refractivity contribution in [2.75, 3.05) is 20.8 Å².